The zero-order chi connectivity index (χ0) is 15.7. The smallest absolute Gasteiger partial charge is 0.370 e. The van der Waals surface area contributed by atoms with Gasteiger partial charge in [-0.3, -0.25) is 4.79 Å². The van der Waals surface area contributed by atoms with Crippen LogP contribution in [0.15, 0.2) is 11.6 Å². The van der Waals surface area contributed by atoms with E-state index in [1.165, 1.54) is 13.0 Å². The minimum atomic E-state index is -2.41. The molecule has 3 amide bonds. The molecule has 2 aliphatic heterocycles. The van der Waals surface area contributed by atoms with E-state index in [-0.39, 0.29) is 13.2 Å². The lowest BCUT2D eigenvalue weighted by Gasteiger charge is -2.26. The Morgan fingerprint density at radius 2 is 2.24 bits per heavy atom. The predicted octanol–water partition coefficient (Wildman–Crippen LogP) is -0.303. The fourth-order valence-electron chi connectivity index (χ4n) is 2.31. The van der Waals surface area contributed by atoms with Gasteiger partial charge in [0, 0.05) is 0 Å². The molecule has 2 heterocycles. The van der Waals surface area contributed by atoms with Crippen molar-refractivity contribution in [3.63, 3.8) is 0 Å². The Morgan fingerprint density at radius 1 is 1.57 bits per heavy atom. The van der Waals surface area contributed by atoms with E-state index in [1.54, 1.807) is 6.92 Å². The lowest BCUT2D eigenvalue weighted by molar-refractivity contribution is -0.223. The van der Waals surface area contributed by atoms with E-state index in [9.17, 15) is 18.8 Å². The summed E-state index contributed by atoms with van der Waals surface area (Å²) in [7, 11) is 0. The molecule has 1 saturated heterocycles. The highest BCUT2D eigenvalue weighted by atomic mass is 19.1. The van der Waals surface area contributed by atoms with Crippen LogP contribution in [0.2, 0.25) is 0 Å². The summed E-state index contributed by atoms with van der Waals surface area (Å²) in [5.41, 5.74) is 5.86. The van der Waals surface area contributed by atoms with Crippen molar-refractivity contribution < 1.29 is 28.3 Å². The summed E-state index contributed by atoms with van der Waals surface area (Å²) in [6.45, 7) is 3.33. The number of urea groups is 1. The molecular formula is C12H16FN3O5. The van der Waals surface area contributed by atoms with Crippen LogP contribution in [0.4, 0.5) is 9.18 Å². The number of esters is 1. The summed E-state index contributed by atoms with van der Waals surface area (Å²) in [6.07, 6.45) is -0.885. The maximum atomic E-state index is 13.6. The molecule has 2 N–H and O–H groups in total. The molecule has 8 nitrogen and oxygen atoms in total. The Kier molecular flexibility index (Phi) is 4.12. The number of primary amides is 1. The number of nitrogens with two attached hydrogens (primary N) is 1. The number of amides is 3. The second kappa shape index (κ2) is 5.68. The van der Waals surface area contributed by atoms with Gasteiger partial charge in [0.1, 0.15) is 12.1 Å². The van der Waals surface area contributed by atoms with Crippen molar-refractivity contribution >= 4 is 17.9 Å². The number of hydrogen-bond acceptors (Lipinski definition) is 5. The lowest BCUT2D eigenvalue weighted by Crippen LogP contribution is -2.46. The van der Waals surface area contributed by atoms with E-state index in [0.717, 1.165) is 9.96 Å². The van der Waals surface area contributed by atoms with Gasteiger partial charge >= 0.3 is 18.4 Å². The molecule has 2 rings (SSSR count). The number of halogens is 1. The molecule has 2 bridgehead atoms. The second-order valence-corrected chi connectivity index (χ2v) is 4.71. The SMILES string of the molecule is CCOC(=O)[C@@H](F)ON1C(=O)N2C[C@@H]1C(C)=C[C@H]2C(N)=O. The average molecular weight is 301 g/mol. The first-order chi connectivity index (χ1) is 9.86. The van der Waals surface area contributed by atoms with Gasteiger partial charge < -0.3 is 15.4 Å². The number of rotatable bonds is 5. The summed E-state index contributed by atoms with van der Waals surface area (Å²) in [5, 5.41) is 0.746. The highest BCUT2D eigenvalue weighted by molar-refractivity contribution is 5.90. The summed E-state index contributed by atoms with van der Waals surface area (Å²) in [6, 6.07) is -2.19. The van der Waals surface area contributed by atoms with Gasteiger partial charge in [-0.15, -0.1) is 0 Å². The molecular weight excluding hydrogens is 285 g/mol. The Morgan fingerprint density at radius 3 is 2.81 bits per heavy atom. The summed E-state index contributed by atoms with van der Waals surface area (Å²) < 4.78 is 18.1. The normalized spacial score (nSPS) is 25.7. The first-order valence-electron chi connectivity index (χ1n) is 6.41. The molecule has 2 aliphatic rings. The zero-order valence-corrected chi connectivity index (χ0v) is 11.6. The van der Waals surface area contributed by atoms with Gasteiger partial charge in [-0.05, 0) is 19.4 Å². The first kappa shape index (κ1) is 15.2. The minimum absolute atomic E-state index is 0.00517. The van der Waals surface area contributed by atoms with Crippen LogP contribution < -0.4 is 5.73 Å². The number of carbonyl (C=O) groups is 3. The molecule has 0 aromatic heterocycles. The Labute approximate surface area is 120 Å². The van der Waals surface area contributed by atoms with Crippen molar-refractivity contribution in [1.82, 2.24) is 9.96 Å². The van der Waals surface area contributed by atoms with Crippen molar-refractivity contribution in [1.29, 1.82) is 0 Å². The van der Waals surface area contributed by atoms with Crippen LogP contribution >= 0.6 is 0 Å². The van der Waals surface area contributed by atoms with Gasteiger partial charge in [0.2, 0.25) is 5.91 Å². The summed E-state index contributed by atoms with van der Waals surface area (Å²) in [4.78, 5) is 40.6. The highest BCUT2D eigenvalue weighted by Gasteiger charge is 2.48. The molecule has 0 spiro atoms. The zero-order valence-electron chi connectivity index (χ0n) is 11.6. The fourth-order valence-corrected chi connectivity index (χ4v) is 2.31. The maximum absolute atomic E-state index is 13.6. The Hall–Kier alpha value is -2.16. The summed E-state index contributed by atoms with van der Waals surface area (Å²) in [5.74, 6) is -1.90. The van der Waals surface area contributed by atoms with Gasteiger partial charge in [-0.25, -0.2) is 18.8 Å². The molecule has 21 heavy (non-hydrogen) atoms. The topological polar surface area (TPSA) is 102 Å². The third-order valence-corrected chi connectivity index (χ3v) is 3.34. The van der Waals surface area contributed by atoms with Crippen LogP contribution in [0.3, 0.4) is 0 Å². The molecule has 116 valence electrons. The van der Waals surface area contributed by atoms with Crippen LogP contribution in [0.1, 0.15) is 13.8 Å². The molecule has 1 fully saturated rings. The van der Waals surface area contributed by atoms with E-state index in [0.29, 0.717) is 5.57 Å². The van der Waals surface area contributed by atoms with E-state index in [2.05, 4.69) is 4.74 Å². The Bertz CT molecular complexity index is 509. The number of nitrogens with zero attached hydrogens (tertiary/aromatic N) is 2. The third-order valence-electron chi connectivity index (χ3n) is 3.34. The number of ether oxygens (including phenoxy) is 1. The van der Waals surface area contributed by atoms with Crippen LogP contribution in [0.25, 0.3) is 0 Å². The van der Waals surface area contributed by atoms with Crippen LogP contribution in [0, 0.1) is 0 Å². The molecule has 9 heteroatoms. The van der Waals surface area contributed by atoms with Crippen molar-refractivity contribution in [2.45, 2.75) is 32.3 Å². The number of alkyl halides is 1. The van der Waals surface area contributed by atoms with Crippen molar-refractivity contribution in [3.8, 4) is 0 Å². The van der Waals surface area contributed by atoms with E-state index < -0.39 is 36.3 Å². The van der Waals surface area contributed by atoms with Gasteiger partial charge in [-0.1, -0.05) is 6.08 Å². The largest absolute Gasteiger partial charge is 0.462 e. The van der Waals surface area contributed by atoms with Crippen LogP contribution in [-0.2, 0) is 19.2 Å². The second-order valence-electron chi connectivity index (χ2n) is 4.71. The number of fused-ring (bicyclic) bond motifs is 2. The van der Waals surface area contributed by atoms with Crippen molar-refractivity contribution in [2.75, 3.05) is 13.2 Å². The molecule has 0 aliphatic carbocycles. The fraction of sp³-hybridized carbons (Fsp3) is 0.583. The van der Waals surface area contributed by atoms with E-state index in [1.807, 2.05) is 0 Å². The van der Waals surface area contributed by atoms with Gasteiger partial charge in [-0.2, -0.15) is 5.06 Å². The molecule has 0 saturated carbocycles. The number of carbonyl (C=O) groups excluding carboxylic acids is 3. The molecule has 0 unspecified atom stereocenters. The van der Waals surface area contributed by atoms with Crippen LogP contribution in [-0.4, -0.2) is 59.5 Å². The van der Waals surface area contributed by atoms with E-state index >= 15 is 0 Å². The van der Waals surface area contributed by atoms with Gasteiger partial charge in [0.25, 0.3) is 0 Å². The third kappa shape index (κ3) is 2.68. The van der Waals surface area contributed by atoms with Crippen molar-refractivity contribution in [2.24, 2.45) is 5.73 Å². The number of hydrogen-bond donors (Lipinski definition) is 1. The van der Waals surface area contributed by atoms with Crippen molar-refractivity contribution in [3.05, 3.63) is 11.6 Å². The highest BCUT2D eigenvalue weighted by Crippen LogP contribution is 2.30. The molecule has 0 aromatic carbocycles. The molecule has 3 atom stereocenters. The quantitative estimate of drug-likeness (QED) is 0.554. The molecule has 0 aromatic rings. The number of hydroxylamine groups is 2. The maximum Gasteiger partial charge on any atom is 0.370 e. The van der Waals surface area contributed by atoms with Crippen LogP contribution in [0.5, 0.6) is 0 Å². The summed E-state index contributed by atoms with van der Waals surface area (Å²) >= 11 is 0. The minimum Gasteiger partial charge on any atom is -0.462 e. The molecule has 0 radical (unpaired) electrons. The van der Waals surface area contributed by atoms with Gasteiger partial charge in [0.15, 0.2) is 0 Å². The first-order valence-corrected chi connectivity index (χ1v) is 6.41. The lowest BCUT2D eigenvalue weighted by atomic mass is 10.0. The standard InChI is InChI=1S/C12H16FN3O5/c1-3-20-11(18)9(13)21-16-8-5-15(12(16)19)7(10(14)17)4-6(8)2/h4,7-9H,3,5H2,1-2H3,(H2,14,17)/t7-,8+,9-/m0/s1. The predicted molar refractivity (Wildman–Crippen MR) is 67.1 cm³/mol. The monoisotopic (exact) mass is 301 g/mol. The average Bonchev–Trinajstić information content (AvgIpc) is 2.69. The van der Waals surface area contributed by atoms with E-state index in [4.69, 9.17) is 10.6 Å². The van der Waals surface area contributed by atoms with Gasteiger partial charge in [0.05, 0.1) is 13.2 Å². The Balaban J connectivity index is 2.14.